The van der Waals surface area contributed by atoms with Crippen LogP contribution in [0.15, 0.2) is 0 Å². The average molecular weight is 201 g/mol. The van der Waals surface area contributed by atoms with Gasteiger partial charge < -0.3 is 18.1 Å². The van der Waals surface area contributed by atoms with Crippen molar-refractivity contribution in [1.29, 1.82) is 0 Å². The Kier molecular flexibility index (Phi) is 84.1. The van der Waals surface area contributed by atoms with E-state index in [0.29, 0.717) is 0 Å². The number of hydrogen-bond acceptors (Lipinski definition) is 0. The molecular formula is H4CaCl2KMgNa. The van der Waals surface area contributed by atoms with Gasteiger partial charge in [0.2, 0.25) is 0 Å². The first-order chi connectivity index (χ1) is 1.41. The summed E-state index contributed by atoms with van der Waals surface area (Å²) in [7, 11) is 9.81. The molecule has 0 aliphatic heterocycles. The second-order valence-electron chi connectivity index (χ2n) is 0.101. The normalized spacial score (nSPS) is 1.67. The Morgan fingerprint density at radius 2 is 1.17 bits per heavy atom. The number of rotatable bonds is 0. The molecule has 0 fully saturated rings. The third-order valence-electron chi connectivity index (χ3n) is 0. The van der Waals surface area contributed by atoms with Crippen LogP contribution >= 0.6 is 18.1 Å². The Morgan fingerprint density at radius 3 is 1.17 bits per heavy atom. The summed E-state index contributed by atoms with van der Waals surface area (Å²) in [6.07, 6.45) is 0. The number of halogens is 2. The molecule has 0 aromatic heterocycles. The first-order valence-corrected chi connectivity index (χ1v) is 4.81. The average Bonchev–Trinajstić information content (AvgIpc) is 0.918. The van der Waals surface area contributed by atoms with Crippen molar-refractivity contribution < 1.29 is 0 Å². The van der Waals surface area contributed by atoms with E-state index >= 15 is 0 Å². The van der Waals surface area contributed by atoms with Gasteiger partial charge in [-0.3, -0.25) is 0 Å². The molecule has 0 N–H and O–H groups in total. The summed E-state index contributed by atoms with van der Waals surface area (Å²) < 4.78 is 0. The van der Waals surface area contributed by atoms with Crippen LogP contribution in [0.5, 0.6) is 0 Å². The first-order valence-electron chi connectivity index (χ1n) is 0.535. The Bertz CT molecular complexity index is 13.5. The SMILES string of the molecule is [CaH2].[Cl][Mg][Cl].[KH].[NaH]. The van der Waals surface area contributed by atoms with Crippen LogP contribution in [0.25, 0.3) is 0 Å². The third kappa shape index (κ3) is 22.8. The van der Waals surface area contributed by atoms with E-state index in [2.05, 4.69) is 0 Å². The summed E-state index contributed by atoms with van der Waals surface area (Å²) in [6.45, 7) is 0. The van der Waals surface area contributed by atoms with E-state index < -0.39 is 18.2 Å². The molecule has 24 valence electrons. The molecular weight excluding hydrogens is 197 g/mol. The molecule has 0 aliphatic rings. The van der Waals surface area contributed by atoms with Crippen molar-refractivity contribution in [2.24, 2.45) is 0 Å². The van der Waals surface area contributed by atoms with Crippen LogP contribution in [0.4, 0.5) is 0 Å². The summed E-state index contributed by atoms with van der Waals surface area (Å²) >= 11 is -0.639. The summed E-state index contributed by atoms with van der Waals surface area (Å²) in [5.41, 5.74) is 0. The van der Waals surface area contributed by atoms with Crippen LogP contribution in [-0.2, 0) is 0 Å². The molecule has 0 saturated heterocycles. The van der Waals surface area contributed by atoms with Gasteiger partial charge in [0.05, 0.1) is 0 Å². The quantitative estimate of drug-likeness (QED) is 0.431. The molecule has 0 amide bonds. The van der Waals surface area contributed by atoms with Crippen molar-refractivity contribution in [2.45, 2.75) is 0 Å². The second kappa shape index (κ2) is 22.5. The van der Waals surface area contributed by atoms with E-state index in [1.807, 2.05) is 0 Å². The van der Waals surface area contributed by atoms with Gasteiger partial charge in [0.15, 0.2) is 0 Å². The molecule has 0 aromatic rings. The van der Waals surface area contributed by atoms with E-state index in [9.17, 15) is 0 Å². The predicted molar refractivity (Wildman–Crippen MR) is 40.3 cm³/mol. The number of hydrogen-bond donors (Lipinski definition) is 0. The Morgan fingerprint density at radius 1 is 1.17 bits per heavy atom. The van der Waals surface area contributed by atoms with Crippen LogP contribution in [0, 0.1) is 0 Å². The molecule has 0 rings (SSSR count). The van der Waals surface area contributed by atoms with Crippen molar-refractivity contribution in [3.05, 3.63) is 0 Å². The monoisotopic (exact) mass is 200 g/mol. The summed E-state index contributed by atoms with van der Waals surface area (Å²) in [6, 6.07) is 0. The standard InChI is InChI=1S/Ca.2ClH.K.Mg.Na.4H/h;2*1H;;;;;;;/q;;;;+2;;;;;/p-2. The molecule has 0 radical (unpaired) electrons. The fourth-order valence-corrected chi connectivity index (χ4v) is 0. The Balaban J connectivity index is -0.00000000667. The van der Waals surface area contributed by atoms with Gasteiger partial charge in [-0.05, 0) is 0 Å². The molecule has 0 bridgehead atoms. The van der Waals surface area contributed by atoms with Gasteiger partial charge in [-0.2, -0.15) is 0 Å². The maximum absolute atomic E-state index is 4.90. The first kappa shape index (κ1) is 22.5. The fourth-order valence-electron chi connectivity index (χ4n) is 0. The zero-order chi connectivity index (χ0) is 2.71. The molecule has 6 heteroatoms. The van der Waals surface area contributed by atoms with Gasteiger partial charge in [0, 0.05) is 0 Å². The fraction of sp³-hybridized carbons (Fsp3) is 0. The molecule has 0 unspecified atom stereocenters. The van der Waals surface area contributed by atoms with E-state index in [1.54, 1.807) is 0 Å². The van der Waals surface area contributed by atoms with Crippen molar-refractivity contribution in [3.63, 3.8) is 0 Å². The van der Waals surface area contributed by atoms with Gasteiger partial charge in [0.25, 0.3) is 0 Å². The van der Waals surface area contributed by atoms with E-state index in [4.69, 9.17) is 18.1 Å². The summed E-state index contributed by atoms with van der Waals surface area (Å²) in [4.78, 5) is 0. The Hall–Kier alpha value is 5.24. The second-order valence-corrected chi connectivity index (χ2v) is 2.73. The van der Waals surface area contributed by atoms with Crippen molar-refractivity contribution in [2.75, 3.05) is 0 Å². The molecule has 0 atom stereocenters. The minimum absolute atomic E-state index is 0. The zero-order valence-corrected chi connectivity index (χ0v) is 4.39. The molecule has 0 nitrogen and oxygen atoms in total. The summed E-state index contributed by atoms with van der Waals surface area (Å²) in [5.74, 6) is 0. The molecule has 0 aliphatic carbocycles. The molecule has 0 aromatic carbocycles. The van der Waals surface area contributed by atoms with Crippen LogP contribution in [0.3, 0.4) is 0 Å². The van der Waals surface area contributed by atoms with Crippen molar-refractivity contribution in [3.8, 4) is 0 Å². The van der Waals surface area contributed by atoms with Crippen LogP contribution in [0.1, 0.15) is 0 Å². The zero-order valence-electron chi connectivity index (χ0n) is 1.46. The summed E-state index contributed by atoms with van der Waals surface area (Å²) in [5, 5.41) is 0. The molecule has 0 saturated carbocycles. The minimum atomic E-state index is -0.639. The third-order valence-corrected chi connectivity index (χ3v) is 0. The van der Waals surface area contributed by atoms with Crippen molar-refractivity contribution >= 4 is 155 Å². The molecule has 6 heavy (non-hydrogen) atoms. The van der Waals surface area contributed by atoms with E-state index in [1.165, 1.54) is 0 Å². The molecule has 0 spiro atoms. The topological polar surface area (TPSA) is 0 Å². The van der Waals surface area contributed by atoms with Gasteiger partial charge in [0.1, 0.15) is 0 Å². The maximum atomic E-state index is 4.90. The van der Waals surface area contributed by atoms with Gasteiger partial charge >= 0.3 is 137 Å². The van der Waals surface area contributed by atoms with Gasteiger partial charge in [-0.1, -0.05) is 0 Å². The van der Waals surface area contributed by atoms with Crippen LogP contribution in [-0.4, -0.2) is 137 Å². The van der Waals surface area contributed by atoms with Crippen LogP contribution < -0.4 is 0 Å². The van der Waals surface area contributed by atoms with Gasteiger partial charge in [-0.15, -0.1) is 0 Å². The van der Waals surface area contributed by atoms with Crippen molar-refractivity contribution in [1.82, 2.24) is 0 Å². The van der Waals surface area contributed by atoms with Crippen LogP contribution in [0.2, 0.25) is 0 Å². The van der Waals surface area contributed by atoms with Gasteiger partial charge in [-0.25, -0.2) is 0 Å². The van der Waals surface area contributed by atoms with E-state index in [0.717, 1.165) is 0 Å². The Labute approximate surface area is 150 Å². The van der Waals surface area contributed by atoms with E-state index in [-0.39, 0.29) is 119 Å². The molecule has 0 heterocycles. The predicted octanol–water partition coefficient (Wildman–Crippen LogP) is -1.22.